The summed E-state index contributed by atoms with van der Waals surface area (Å²) in [5, 5.41) is 9.08. The van der Waals surface area contributed by atoms with Crippen LogP contribution in [0.4, 0.5) is 5.69 Å². The quantitative estimate of drug-likeness (QED) is 0.533. The average molecular weight is 240 g/mol. The van der Waals surface area contributed by atoms with Gasteiger partial charge in [-0.3, -0.25) is 4.79 Å². The van der Waals surface area contributed by atoms with Crippen LogP contribution in [0.15, 0.2) is 23.1 Å². The monoisotopic (exact) mass is 240 g/mol. The molecule has 0 saturated heterocycles. The molecule has 0 bridgehead atoms. The molecule has 0 aliphatic carbocycles. The van der Waals surface area contributed by atoms with Crippen LogP contribution in [-0.4, -0.2) is 22.9 Å². The predicted octanol–water partition coefficient (Wildman–Crippen LogP) is 1.23. The molecule has 5 heteroatoms. The molecule has 0 fully saturated rings. The SMILES string of the molecule is CC(CCO)Sc1ccc(N)c(C(N)=O)c1. The summed E-state index contributed by atoms with van der Waals surface area (Å²) in [6.45, 7) is 2.17. The molecular weight excluding hydrogens is 224 g/mol. The fourth-order valence-corrected chi connectivity index (χ4v) is 2.32. The highest BCUT2D eigenvalue weighted by atomic mass is 32.2. The molecule has 1 aromatic rings. The first-order valence-corrected chi connectivity index (χ1v) is 5.89. The van der Waals surface area contributed by atoms with Crippen LogP contribution in [0.1, 0.15) is 23.7 Å². The van der Waals surface area contributed by atoms with Crippen molar-refractivity contribution in [1.29, 1.82) is 0 Å². The number of nitrogen functional groups attached to an aromatic ring is 1. The smallest absolute Gasteiger partial charge is 0.250 e. The maximum Gasteiger partial charge on any atom is 0.250 e. The molecule has 5 N–H and O–H groups in total. The van der Waals surface area contributed by atoms with Crippen LogP contribution in [0, 0.1) is 0 Å². The number of rotatable bonds is 5. The van der Waals surface area contributed by atoms with Gasteiger partial charge in [-0.05, 0) is 24.6 Å². The number of nitrogens with two attached hydrogens (primary N) is 2. The van der Waals surface area contributed by atoms with Gasteiger partial charge in [0.1, 0.15) is 0 Å². The van der Waals surface area contributed by atoms with Gasteiger partial charge in [-0.2, -0.15) is 0 Å². The van der Waals surface area contributed by atoms with E-state index in [0.717, 1.165) is 4.90 Å². The van der Waals surface area contributed by atoms with E-state index >= 15 is 0 Å². The van der Waals surface area contributed by atoms with Crippen LogP contribution in [0.25, 0.3) is 0 Å². The molecule has 4 nitrogen and oxygen atoms in total. The molecule has 1 unspecified atom stereocenters. The van der Waals surface area contributed by atoms with Gasteiger partial charge >= 0.3 is 0 Å². The third kappa shape index (κ3) is 3.43. The Morgan fingerprint density at radius 2 is 2.25 bits per heavy atom. The van der Waals surface area contributed by atoms with Crippen molar-refractivity contribution in [2.45, 2.75) is 23.5 Å². The van der Waals surface area contributed by atoms with Gasteiger partial charge in [0.15, 0.2) is 0 Å². The van der Waals surface area contributed by atoms with E-state index in [1.165, 1.54) is 0 Å². The lowest BCUT2D eigenvalue weighted by Crippen LogP contribution is -2.13. The van der Waals surface area contributed by atoms with Crippen LogP contribution in [0.2, 0.25) is 0 Å². The van der Waals surface area contributed by atoms with E-state index in [0.29, 0.717) is 17.7 Å². The van der Waals surface area contributed by atoms with E-state index in [-0.39, 0.29) is 11.9 Å². The van der Waals surface area contributed by atoms with E-state index in [9.17, 15) is 4.79 Å². The van der Waals surface area contributed by atoms with Crippen molar-refractivity contribution in [2.24, 2.45) is 5.73 Å². The van der Waals surface area contributed by atoms with Crippen LogP contribution < -0.4 is 11.5 Å². The van der Waals surface area contributed by atoms with E-state index in [1.807, 2.05) is 13.0 Å². The maximum atomic E-state index is 11.1. The number of carbonyl (C=O) groups is 1. The number of hydrogen-bond donors (Lipinski definition) is 3. The van der Waals surface area contributed by atoms with Crippen LogP contribution in [0.5, 0.6) is 0 Å². The maximum absolute atomic E-state index is 11.1. The molecule has 16 heavy (non-hydrogen) atoms. The summed E-state index contributed by atoms with van der Waals surface area (Å²) in [6.07, 6.45) is 0.709. The van der Waals surface area contributed by atoms with Gasteiger partial charge in [0, 0.05) is 22.4 Å². The molecule has 88 valence electrons. The summed E-state index contributed by atoms with van der Waals surface area (Å²) in [7, 11) is 0. The van der Waals surface area contributed by atoms with E-state index in [2.05, 4.69) is 0 Å². The number of anilines is 1. The molecule has 1 rings (SSSR count). The van der Waals surface area contributed by atoms with Gasteiger partial charge in [-0.1, -0.05) is 6.92 Å². The highest BCUT2D eigenvalue weighted by Crippen LogP contribution is 2.27. The van der Waals surface area contributed by atoms with E-state index < -0.39 is 5.91 Å². The van der Waals surface area contributed by atoms with Crippen molar-refractivity contribution in [3.8, 4) is 0 Å². The summed E-state index contributed by atoms with van der Waals surface area (Å²) in [6, 6.07) is 5.21. The second-order valence-corrected chi connectivity index (χ2v) is 5.07. The summed E-state index contributed by atoms with van der Waals surface area (Å²) in [5.74, 6) is -0.519. The lowest BCUT2D eigenvalue weighted by molar-refractivity contribution is 0.100. The molecule has 1 amide bonds. The molecule has 0 saturated carbocycles. The molecule has 0 spiro atoms. The van der Waals surface area contributed by atoms with Crippen molar-refractivity contribution >= 4 is 23.4 Å². The number of primary amides is 1. The van der Waals surface area contributed by atoms with Gasteiger partial charge in [0.25, 0.3) is 5.91 Å². The Balaban J connectivity index is 2.82. The molecule has 0 radical (unpaired) electrons. The first-order valence-electron chi connectivity index (χ1n) is 5.01. The third-order valence-electron chi connectivity index (χ3n) is 2.16. The number of carbonyl (C=O) groups excluding carboxylic acids is 1. The lowest BCUT2D eigenvalue weighted by Gasteiger charge is -2.10. The van der Waals surface area contributed by atoms with Gasteiger partial charge in [-0.15, -0.1) is 11.8 Å². The Morgan fingerprint density at radius 3 is 2.81 bits per heavy atom. The van der Waals surface area contributed by atoms with Gasteiger partial charge in [-0.25, -0.2) is 0 Å². The summed E-state index contributed by atoms with van der Waals surface area (Å²) < 4.78 is 0. The summed E-state index contributed by atoms with van der Waals surface area (Å²) in [5.41, 5.74) is 11.6. The summed E-state index contributed by atoms with van der Waals surface area (Å²) >= 11 is 1.59. The Kier molecular flexibility index (Phi) is 4.64. The minimum absolute atomic E-state index is 0.159. The zero-order valence-corrected chi connectivity index (χ0v) is 9.96. The van der Waals surface area contributed by atoms with Gasteiger partial charge in [0.05, 0.1) is 5.56 Å². The van der Waals surface area contributed by atoms with Gasteiger partial charge in [0.2, 0.25) is 0 Å². The number of benzene rings is 1. The van der Waals surface area contributed by atoms with E-state index in [4.69, 9.17) is 16.6 Å². The second-order valence-electron chi connectivity index (χ2n) is 3.55. The minimum Gasteiger partial charge on any atom is -0.398 e. The number of hydrogen-bond acceptors (Lipinski definition) is 4. The van der Waals surface area contributed by atoms with Crippen LogP contribution >= 0.6 is 11.8 Å². The van der Waals surface area contributed by atoms with Crippen LogP contribution in [-0.2, 0) is 0 Å². The normalized spacial score (nSPS) is 12.4. The second kappa shape index (κ2) is 5.77. The Labute approximate surface area is 99.0 Å². The molecule has 0 aliphatic heterocycles. The predicted molar refractivity (Wildman–Crippen MR) is 66.4 cm³/mol. The first-order chi connectivity index (χ1) is 7.54. The molecule has 1 aromatic carbocycles. The fourth-order valence-electron chi connectivity index (χ4n) is 1.30. The first kappa shape index (κ1) is 12.9. The van der Waals surface area contributed by atoms with Crippen molar-refractivity contribution in [2.75, 3.05) is 12.3 Å². The van der Waals surface area contributed by atoms with Crippen molar-refractivity contribution < 1.29 is 9.90 Å². The molecule has 0 aromatic heterocycles. The third-order valence-corrected chi connectivity index (χ3v) is 3.33. The molecule has 1 atom stereocenters. The standard InChI is InChI=1S/C11H16N2O2S/c1-7(4-5-14)16-8-2-3-10(12)9(6-8)11(13)15/h2-3,6-7,14H,4-5,12H2,1H3,(H2,13,15). The zero-order valence-electron chi connectivity index (χ0n) is 9.14. The minimum atomic E-state index is -0.519. The van der Waals surface area contributed by atoms with Crippen molar-refractivity contribution in [1.82, 2.24) is 0 Å². The Morgan fingerprint density at radius 1 is 1.56 bits per heavy atom. The Bertz CT molecular complexity index is 382. The van der Waals surface area contributed by atoms with Crippen molar-refractivity contribution in [3.63, 3.8) is 0 Å². The molecule has 0 aliphatic rings. The largest absolute Gasteiger partial charge is 0.398 e. The van der Waals surface area contributed by atoms with Crippen molar-refractivity contribution in [3.05, 3.63) is 23.8 Å². The number of aliphatic hydroxyl groups is 1. The van der Waals surface area contributed by atoms with E-state index in [1.54, 1.807) is 23.9 Å². The average Bonchev–Trinajstić information content (AvgIpc) is 2.21. The number of amides is 1. The highest BCUT2D eigenvalue weighted by molar-refractivity contribution is 7.99. The fraction of sp³-hybridized carbons (Fsp3) is 0.364. The van der Waals surface area contributed by atoms with Crippen LogP contribution in [0.3, 0.4) is 0 Å². The zero-order chi connectivity index (χ0) is 12.1. The molecule has 0 heterocycles. The summed E-state index contributed by atoms with van der Waals surface area (Å²) in [4.78, 5) is 12.0. The number of thioether (sulfide) groups is 1. The molecular formula is C11H16N2O2S. The highest BCUT2D eigenvalue weighted by Gasteiger charge is 2.09. The lowest BCUT2D eigenvalue weighted by atomic mass is 10.2. The Hall–Kier alpha value is -1.20. The van der Waals surface area contributed by atoms with Gasteiger partial charge < -0.3 is 16.6 Å². The topological polar surface area (TPSA) is 89.3 Å². The number of aliphatic hydroxyl groups excluding tert-OH is 1.